The van der Waals surface area contributed by atoms with Crippen LogP contribution in [0.5, 0.6) is 0 Å². The van der Waals surface area contributed by atoms with E-state index in [2.05, 4.69) is 64.5 Å². The van der Waals surface area contributed by atoms with Crippen LogP contribution in [0.25, 0.3) is 0 Å². The summed E-state index contributed by atoms with van der Waals surface area (Å²) in [6.45, 7) is 11.6. The maximum absolute atomic E-state index is 2.46. The van der Waals surface area contributed by atoms with Crippen LogP contribution >= 0.6 is 0 Å². The Morgan fingerprint density at radius 3 is 2.22 bits per heavy atom. The van der Waals surface area contributed by atoms with Gasteiger partial charge in [-0.25, -0.2) is 0 Å². The van der Waals surface area contributed by atoms with Crippen LogP contribution in [-0.2, 0) is 23.0 Å². The second-order valence-electron chi connectivity index (χ2n) is 5.18. The van der Waals surface area contributed by atoms with E-state index in [4.69, 9.17) is 0 Å². The molecule has 0 unspecified atom stereocenters. The summed E-state index contributed by atoms with van der Waals surface area (Å²) in [6, 6.07) is 0. The molecule has 0 spiro atoms. The molecule has 1 aliphatic carbocycles. The van der Waals surface area contributed by atoms with Crippen molar-refractivity contribution in [2.45, 2.75) is 45.6 Å². The third-order valence-electron chi connectivity index (χ3n) is 3.75. The minimum atomic E-state index is -1.09. The summed E-state index contributed by atoms with van der Waals surface area (Å²) in [4.78, 5) is 0. The van der Waals surface area contributed by atoms with E-state index in [9.17, 15) is 0 Å². The second-order valence-corrected chi connectivity index (χ2v) is 10.6. The quantitative estimate of drug-likeness (QED) is 0.741. The zero-order chi connectivity index (χ0) is 13.4. The minimum absolute atomic E-state index is 0.784. The molecule has 1 heterocycles. The summed E-state index contributed by atoms with van der Waals surface area (Å²) in [6.07, 6.45) is 8.09. The van der Waals surface area contributed by atoms with Crippen molar-refractivity contribution in [3.63, 3.8) is 0 Å². The molecule has 0 aliphatic heterocycles. The Hall–Kier alpha value is -0.617. The van der Waals surface area contributed by atoms with E-state index in [0.717, 1.165) is 4.51 Å². The molecule has 2 heteroatoms. The van der Waals surface area contributed by atoms with Gasteiger partial charge in [0.05, 0.1) is 0 Å². The topological polar surface area (TPSA) is 4.93 Å². The molecule has 18 heavy (non-hydrogen) atoms. The average molecular weight is 331 g/mol. The fraction of sp³-hybridized carbons (Fsp3) is 0.500. The van der Waals surface area contributed by atoms with E-state index in [-0.39, 0.29) is 0 Å². The molecule has 0 amide bonds. The molecule has 0 bridgehead atoms. The molecule has 0 atom stereocenters. The molecule has 1 aliphatic rings. The van der Waals surface area contributed by atoms with Gasteiger partial charge in [-0.05, 0) is 0 Å². The van der Waals surface area contributed by atoms with Crippen molar-refractivity contribution >= 4 is 4.29 Å². The fourth-order valence-corrected chi connectivity index (χ4v) is 8.24. The van der Waals surface area contributed by atoms with Gasteiger partial charge >= 0.3 is 117 Å². The first kappa shape index (κ1) is 13.8. The Morgan fingerprint density at radius 2 is 1.83 bits per heavy atom. The monoisotopic (exact) mass is 332 g/mol. The van der Waals surface area contributed by atoms with Gasteiger partial charge in [-0.2, -0.15) is 0 Å². The van der Waals surface area contributed by atoms with Crippen LogP contribution in [0.15, 0.2) is 22.4 Å². The molecule has 2 rings (SSSR count). The fourth-order valence-electron chi connectivity index (χ4n) is 2.46. The van der Waals surface area contributed by atoms with Crippen molar-refractivity contribution in [1.82, 2.24) is 4.57 Å². The van der Waals surface area contributed by atoms with E-state index in [1.807, 2.05) is 0 Å². The average Bonchev–Trinajstić information content (AvgIpc) is 2.89. The van der Waals surface area contributed by atoms with Gasteiger partial charge in [0.15, 0.2) is 0 Å². The molecular formula is C16H24NRu. The molecule has 1 nitrogen and oxygen atoms in total. The Morgan fingerprint density at radius 1 is 1.17 bits per heavy atom. The molecule has 101 valence electrons. The van der Waals surface area contributed by atoms with Gasteiger partial charge in [0.1, 0.15) is 0 Å². The number of hydrogen-bond acceptors (Lipinski definition) is 0. The van der Waals surface area contributed by atoms with Crippen LogP contribution in [0.4, 0.5) is 0 Å². The van der Waals surface area contributed by atoms with Gasteiger partial charge < -0.3 is 0 Å². The van der Waals surface area contributed by atoms with E-state index >= 15 is 0 Å². The molecule has 0 radical (unpaired) electrons. The van der Waals surface area contributed by atoms with Gasteiger partial charge in [-0.1, -0.05) is 0 Å². The van der Waals surface area contributed by atoms with E-state index in [1.165, 1.54) is 23.2 Å². The van der Waals surface area contributed by atoms with Gasteiger partial charge in [-0.15, -0.1) is 0 Å². The number of aromatic nitrogens is 1. The van der Waals surface area contributed by atoms with Gasteiger partial charge in [0.25, 0.3) is 0 Å². The Balaban J connectivity index is 2.53. The Kier molecular flexibility index (Phi) is 3.97. The van der Waals surface area contributed by atoms with Crippen molar-refractivity contribution in [2.75, 3.05) is 0 Å². The Labute approximate surface area is 116 Å². The summed E-state index contributed by atoms with van der Waals surface area (Å²) < 4.78 is 6.60. The molecule has 0 saturated carbocycles. The molecule has 0 N–H and O–H groups in total. The summed E-state index contributed by atoms with van der Waals surface area (Å²) in [5.74, 6) is 0. The van der Waals surface area contributed by atoms with Crippen LogP contribution in [0.3, 0.4) is 0 Å². The molecular weight excluding hydrogens is 307 g/mol. The van der Waals surface area contributed by atoms with Gasteiger partial charge in [0.2, 0.25) is 0 Å². The Bertz CT molecular complexity index is 492. The first-order valence-corrected chi connectivity index (χ1v) is 9.32. The first-order valence-electron chi connectivity index (χ1n) is 6.57. The number of rotatable bonds is 3. The predicted octanol–water partition coefficient (Wildman–Crippen LogP) is 3.87. The van der Waals surface area contributed by atoms with Gasteiger partial charge in [-0.3, -0.25) is 0 Å². The summed E-state index contributed by atoms with van der Waals surface area (Å²) in [5, 5.41) is 0. The first-order chi connectivity index (χ1) is 8.45. The van der Waals surface area contributed by atoms with Crippen molar-refractivity contribution in [3.05, 3.63) is 39.2 Å². The standard InChI is InChI=1S/C8H12N.C5H5.C3H7.Ru/c1-6-5-9(4)8(3)7(6)2;1-2-4-5-3-1;1-3-2;/h1-4H3;1-3H,4H2;3H,1-2H3;. The summed E-state index contributed by atoms with van der Waals surface area (Å²) in [7, 11) is 2.25. The molecule has 0 fully saturated rings. The van der Waals surface area contributed by atoms with Crippen molar-refractivity contribution < 1.29 is 16.0 Å². The van der Waals surface area contributed by atoms with Gasteiger partial charge in [0, 0.05) is 0 Å². The summed E-state index contributed by atoms with van der Waals surface area (Å²) in [5.41, 5.74) is 4.46. The maximum atomic E-state index is 2.46. The van der Waals surface area contributed by atoms with Crippen molar-refractivity contribution in [3.8, 4) is 0 Å². The van der Waals surface area contributed by atoms with E-state index in [1.54, 1.807) is 8.46 Å². The third kappa shape index (κ3) is 2.16. The van der Waals surface area contributed by atoms with Crippen molar-refractivity contribution in [1.29, 1.82) is 0 Å². The van der Waals surface area contributed by atoms with E-state index < -0.39 is 16.0 Å². The molecule has 0 saturated heterocycles. The molecule has 1 aromatic rings. The number of hydrogen-bond donors (Lipinski definition) is 0. The van der Waals surface area contributed by atoms with Crippen LogP contribution in [-0.4, -0.2) is 4.57 Å². The summed E-state index contributed by atoms with van der Waals surface area (Å²) >= 11 is -1.09. The van der Waals surface area contributed by atoms with Crippen LogP contribution in [0.2, 0.25) is 4.51 Å². The number of allylic oxidation sites excluding steroid dienone is 4. The molecule has 1 aromatic heterocycles. The second kappa shape index (κ2) is 5.17. The van der Waals surface area contributed by atoms with Crippen LogP contribution in [0, 0.1) is 20.8 Å². The van der Waals surface area contributed by atoms with Crippen molar-refractivity contribution in [2.24, 2.45) is 7.05 Å². The zero-order valence-corrected chi connectivity index (χ0v) is 14.1. The predicted molar refractivity (Wildman–Crippen MR) is 76.2 cm³/mol. The van der Waals surface area contributed by atoms with Crippen LogP contribution in [0.1, 0.15) is 37.1 Å². The SMILES string of the molecule is Cc1c(C)[c]([Ru]([C]2=CC=CC2)[CH](C)C)n(C)c1C. The normalized spacial score (nSPS) is 15.5. The number of nitrogens with zero attached hydrogens (tertiary/aromatic N) is 1. The third-order valence-corrected chi connectivity index (χ3v) is 9.72. The van der Waals surface area contributed by atoms with E-state index in [0.29, 0.717) is 0 Å². The molecule has 0 aromatic carbocycles. The van der Waals surface area contributed by atoms with Crippen LogP contribution < -0.4 is 4.29 Å². The zero-order valence-electron chi connectivity index (χ0n) is 12.3.